The zero-order chi connectivity index (χ0) is 14.4. The van der Waals surface area contributed by atoms with E-state index in [9.17, 15) is 9.59 Å². The lowest BCUT2D eigenvalue weighted by Crippen LogP contribution is -2.28. The van der Waals surface area contributed by atoms with E-state index in [1.165, 1.54) is 0 Å². The summed E-state index contributed by atoms with van der Waals surface area (Å²) >= 11 is 6.66. The molecule has 0 saturated heterocycles. The minimum absolute atomic E-state index is 0.124. The Hall–Kier alpha value is -0.880. The Morgan fingerprint density at radius 1 is 1.37 bits per heavy atom. The van der Waals surface area contributed by atoms with Gasteiger partial charge in [0.25, 0.3) is 5.91 Å². The highest BCUT2D eigenvalue weighted by Gasteiger charge is 2.12. The standard InChI is InChI=1S/C13H15Br2NO3/c1-8(2-5-12(17)18)7-16-13(19)10-4-3-9(14)6-11(10)15/h3-4,6,8H,2,5,7H2,1H3,(H,16,19)(H,17,18). The third-order valence-corrected chi connectivity index (χ3v) is 3.79. The van der Waals surface area contributed by atoms with Crippen LogP contribution in [0, 0.1) is 5.92 Å². The van der Waals surface area contributed by atoms with Crippen LogP contribution in [0.1, 0.15) is 30.1 Å². The quantitative estimate of drug-likeness (QED) is 0.779. The number of carbonyl (C=O) groups excluding carboxylic acids is 1. The van der Waals surface area contributed by atoms with Crippen molar-refractivity contribution in [1.29, 1.82) is 0 Å². The highest BCUT2D eigenvalue weighted by Crippen LogP contribution is 2.21. The van der Waals surface area contributed by atoms with Gasteiger partial charge in [-0.15, -0.1) is 0 Å². The fourth-order valence-electron chi connectivity index (χ4n) is 1.51. The number of carbonyl (C=O) groups is 2. The van der Waals surface area contributed by atoms with Gasteiger partial charge in [0, 0.05) is 21.9 Å². The number of aliphatic carboxylic acids is 1. The summed E-state index contributed by atoms with van der Waals surface area (Å²) in [6.45, 7) is 2.38. The molecule has 1 aromatic carbocycles. The van der Waals surface area contributed by atoms with Gasteiger partial charge in [0.1, 0.15) is 0 Å². The van der Waals surface area contributed by atoms with Gasteiger partial charge in [-0.3, -0.25) is 9.59 Å². The molecule has 0 spiro atoms. The third kappa shape index (κ3) is 5.74. The van der Waals surface area contributed by atoms with Crippen molar-refractivity contribution in [1.82, 2.24) is 5.32 Å². The molecule has 104 valence electrons. The number of halogens is 2. The van der Waals surface area contributed by atoms with Crippen LogP contribution in [-0.4, -0.2) is 23.5 Å². The second-order valence-corrected chi connectivity index (χ2v) is 6.14. The predicted molar refractivity (Wildman–Crippen MR) is 80.2 cm³/mol. The maximum atomic E-state index is 11.9. The summed E-state index contributed by atoms with van der Waals surface area (Å²) in [5, 5.41) is 11.4. The summed E-state index contributed by atoms with van der Waals surface area (Å²) in [4.78, 5) is 22.4. The van der Waals surface area contributed by atoms with Crippen molar-refractivity contribution in [3.05, 3.63) is 32.7 Å². The molecule has 0 aliphatic heterocycles. The van der Waals surface area contributed by atoms with Gasteiger partial charge in [-0.2, -0.15) is 0 Å². The molecular weight excluding hydrogens is 378 g/mol. The number of amides is 1. The van der Waals surface area contributed by atoms with Crippen molar-refractivity contribution in [2.75, 3.05) is 6.54 Å². The van der Waals surface area contributed by atoms with E-state index in [1.807, 2.05) is 13.0 Å². The summed E-state index contributed by atoms with van der Waals surface area (Å²) in [6, 6.07) is 5.34. The lowest BCUT2D eigenvalue weighted by Gasteiger charge is -2.12. The molecule has 1 atom stereocenters. The number of hydrogen-bond acceptors (Lipinski definition) is 2. The van der Waals surface area contributed by atoms with Crippen LogP contribution < -0.4 is 5.32 Å². The van der Waals surface area contributed by atoms with Crippen molar-refractivity contribution >= 4 is 43.7 Å². The summed E-state index contributed by atoms with van der Waals surface area (Å²) in [5.41, 5.74) is 0.564. The maximum absolute atomic E-state index is 11.9. The van der Waals surface area contributed by atoms with E-state index in [-0.39, 0.29) is 18.2 Å². The zero-order valence-electron chi connectivity index (χ0n) is 10.5. The molecular formula is C13H15Br2NO3. The molecule has 1 amide bonds. The van der Waals surface area contributed by atoms with Crippen LogP contribution in [0.3, 0.4) is 0 Å². The van der Waals surface area contributed by atoms with Gasteiger partial charge in [0.2, 0.25) is 0 Å². The van der Waals surface area contributed by atoms with Crippen molar-refractivity contribution in [2.24, 2.45) is 5.92 Å². The Morgan fingerprint density at radius 2 is 2.05 bits per heavy atom. The minimum atomic E-state index is -0.811. The first-order chi connectivity index (χ1) is 8.90. The van der Waals surface area contributed by atoms with E-state index >= 15 is 0 Å². The van der Waals surface area contributed by atoms with Gasteiger partial charge in [0.05, 0.1) is 5.56 Å². The van der Waals surface area contributed by atoms with E-state index in [4.69, 9.17) is 5.11 Å². The number of nitrogens with one attached hydrogen (secondary N) is 1. The summed E-state index contributed by atoms with van der Waals surface area (Å²) < 4.78 is 1.61. The van der Waals surface area contributed by atoms with E-state index < -0.39 is 5.97 Å². The van der Waals surface area contributed by atoms with Crippen LogP contribution in [-0.2, 0) is 4.79 Å². The smallest absolute Gasteiger partial charge is 0.303 e. The van der Waals surface area contributed by atoms with Crippen molar-refractivity contribution in [3.63, 3.8) is 0 Å². The summed E-state index contributed by atoms with van der Waals surface area (Å²) in [6.07, 6.45) is 0.677. The Bertz CT molecular complexity index is 477. The molecule has 4 nitrogen and oxygen atoms in total. The molecule has 0 aliphatic carbocycles. The monoisotopic (exact) mass is 391 g/mol. The lowest BCUT2D eigenvalue weighted by atomic mass is 10.1. The van der Waals surface area contributed by atoms with Crippen LogP contribution in [0.5, 0.6) is 0 Å². The van der Waals surface area contributed by atoms with Crippen LogP contribution in [0.2, 0.25) is 0 Å². The molecule has 0 bridgehead atoms. The molecule has 0 heterocycles. The molecule has 0 aliphatic rings. The average molecular weight is 393 g/mol. The first-order valence-corrected chi connectivity index (χ1v) is 7.43. The van der Waals surface area contributed by atoms with E-state index in [0.717, 1.165) is 8.95 Å². The highest BCUT2D eigenvalue weighted by molar-refractivity contribution is 9.11. The highest BCUT2D eigenvalue weighted by atomic mass is 79.9. The Balaban J connectivity index is 2.49. The molecule has 6 heteroatoms. The number of carboxylic acids is 1. The minimum Gasteiger partial charge on any atom is -0.481 e. The fraction of sp³-hybridized carbons (Fsp3) is 0.385. The lowest BCUT2D eigenvalue weighted by molar-refractivity contribution is -0.137. The molecule has 2 N–H and O–H groups in total. The van der Waals surface area contributed by atoms with Crippen molar-refractivity contribution in [2.45, 2.75) is 19.8 Å². The van der Waals surface area contributed by atoms with Gasteiger partial charge < -0.3 is 10.4 Å². The second-order valence-electron chi connectivity index (χ2n) is 4.37. The Kier molecular flexibility index (Phi) is 6.51. The second kappa shape index (κ2) is 7.65. The number of hydrogen-bond donors (Lipinski definition) is 2. The summed E-state index contributed by atoms with van der Waals surface area (Å²) in [5.74, 6) is -0.843. The molecule has 0 fully saturated rings. The Labute approximate surface area is 128 Å². The molecule has 0 aromatic heterocycles. The normalized spacial score (nSPS) is 11.9. The summed E-state index contributed by atoms with van der Waals surface area (Å²) in [7, 11) is 0. The molecule has 1 rings (SSSR count). The van der Waals surface area contributed by atoms with Gasteiger partial charge in [-0.1, -0.05) is 22.9 Å². The van der Waals surface area contributed by atoms with Crippen LogP contribution in [0.4, 0.5) is 0 Å². The van der Waals surface area contributed by atoms with Crippen LogP contribution in [0.15, 0.2) is 27.1 Å². The molecule has 0 saturated carbocycles. The van der Waals surface area contributed by atoms with Gasteiger partial charge in [0.15, 0.2) is 0 Å². The first-order valence-electron chi connectivity index (χ1n) is 5.85. The van der Waals surface area contributed by atoms with Gasteiger partial charge >= 0.3 is 5.97 Å². The third-order valence-electron chi connectivity index (χ3n) is 2.64. The predicted octanol–water partition coefficient (Wildman–Crippen LogP) is 3.44. The van der Waals surface area contributed by atoms with Crippen molar-refractivity contribution in [3.8, 4) is 0 Å². The van der Waals surface area contributed by atoms with Gasteiger partial charge in [-0.25, -0.2) is 0 Å². The first kappa shape index (κ1) is 16.2. The van der Waals surface area contributed by atoms with E-state index in [0.29, 0.717) is 18.5 Å². The Morgan fingerprint density at radius 3 is 2.63 bits per heavy atom. The van der Waals surface area contributed by atoms with Crippen molar-refractivity contribution < 1.29 is 14.7 Å². The van der Waals surface area contributed by atoms with Gasteiger partial charge in [-0.05, 0) is 46.5 Å². The number of carboxylic acid groups (broad SMARTS) is 1. The largest absolute Gasteiger partial charge is 0.481 e. The zero-order valence-corrected chi connectivity index (χ0v) is 13.6. The molecule has 1 aromatic rings. The van der Waals surface area contributed by atoms with Crippen LogP contribution in [0.25, 0.3) is 0 Å². The fourth-order valence-corrected chi connectivity index (χ4v) is 2.73. The van der Waals surface area contributed by atoms with E-state index in [2.05, 4.69) is 37.2 Å². The molecule has 1 unspecified atom stereocenters. The topological polar surface area (TPSA) is 66.4 Å². The SMILES string of the molecule is CC(CCC(=O)O)CNC(=O)c1ccc(Br)cc1Br. The molecule has 0 radical (unpaired) electrons. The number of benzene rings is 1. The van der Waals surface area contributed by atoms with E-state index in [1.54, 1.807) is 12.1 Å². The number of rotatable bonds is 6. The van der Waals surface area contributed by atoms with Crippen LogP contribution >= 0.6 is 31.9 Å². The molecule has 19 heavy (non-hydrogen) atoms. The maximum Gasteiger partial charge on any atom is 0.303 e. The average Bonchev–Trinajstić information content (AvgIpc) is 2.33.